The highest BCUT2D eigenvalue weighted by Gasteiger charge is 2.08. The van der Waals surface area contributed by atoms with Crippen LogP contribution in [0.5, 0.6) is 0 Å². The van der Waals surface area contributed by atoms with Gasteiger partial charge < -0.3 is 9.64 Å². The van der Waals surface area contributed by atoms with E-state index in [-0.39, 0.29) is 5.97 Å². The maximum Gasteiger partial charge on any atom is 0.307 e. The van der Waals surface area contributed by atoms with Crippen LogP contribution in [0.15, 0.2) is 22.7 Å². The van der Waals surface area contributed by atoms with E-state index >= 15 is 0 Å². The van der Waals surface area contributed by atoms with Crippen LogP contribution in [0.1, 0.15) is 12.0 Å². The van der Waals surface area contributed by atoms with Crippen molar-refractivity contribution in [1.82, 2.24) is 0 Å². The molecule has 0 amide bonds. The monoisotopic (exact) mass is 296 g/mol. The number of halogens is 1. The Balaban J connectivity index is 2.73. The first-order valence-corrected chi connectivity index (χ1v) is 5.85. The van der Waals surface area contributed by atoms with Crippen LogP contribution in [0.3, 0.4) is 0 Å². The highest BCUT2D eigenvalue weighted by molar-refractivity contribution is 9.10. The quantitative estimate of drug-likeness (QED) is 0.800. The summed E-state index contributed by atoms with van der Waals surface area (Å²) in [7, 11) is 3.26. The second-order valence-corrected chi connectivity index (χ2v) is 4.38. The first-order valence-electron chi connectivity index (χ1n) is 5.06. The fourth-order valence-corrected chi connectivity index (χ4v) is 2.05. The lowest BCUT2D eigenvalue weighted by Gasteiger charge is -2.20. The Morgan fingerprint density at radius 2 is 2.29 bits per heavy atom. The second kappa shape index (κ2) is 6.26. The highest BCUT2D eigenvalue weighted by Crippen LogP contribution is 2.26. The Morgan fingerprint density at radius 3 is 2.82 bits per heavy atom. The van der Waals surface area contributed by atoms with Crippen LogP contribution in [0.2, 0.25) is 0 Å². The van der Waals surface area contributed by atoms with Gasteiger partial charge >= 0.3 is 5.97 Å². The number of carbonyl (C=O) groups is 1. The Kier molecular flexibility index (Phi) is 4.98. The van der Waals surface area contributed by atoms with Crippen LogP contribution in [0, 0.1) is 11.3 Å². The van der Waals surface area contributed by atoms with Crippen LogP contribution < -0.4 is 4.90 Å². The third-order valence-electron chi connectivity index (χ3n) is 2.37. The normalized spacial score (nSPS) is 9.53. The summed E-state index contributed by atoms with van der Waals surface area (Å²) in [6.07, 6.45) is 0.333. The fraction of sp³-hybridized carbons (Fsp3) is 0.333. The summed E-state index contributed by atoms with van der Waals surface area (Å²) in [4.78, 5) is 13.0. The minimum Gasteiger partial charge on any atom is -0.469 e. The molecule has 90 valence electrons. The molecular formula is C12H13BrN2O2. The largest absolute Gasteiger partial charge is 0.469 e. The number of carbonyl (C=O) groups excluding carboxylic acids is 1. The van der Waals surface area contributed by atoms with Gasteiger partial charge in [-0.15, -0.1) is 0 Å². The molecule has 17 heavy (non-hydrogen) atoms. The summed E-state index contributed by atoms with van der Waals surface area (Å²) in [5, 5.41) is 8.75. The number of hydrogen-bond donors (Lipinski definition) is 0. The summed E-state index contributed by atoms with van der Waals surface area (Å²) in [5.41, 5.74) is 1.54. The van der Waals surface area contributed by atoms with Crippen molar-refractivity contribution in [1.29, 1.82) is 5.26 Å². The lowest BCUT2D eigenvalue weighted by atomic mass is 10.2. The SMILES string of the molecule is COC(=O)CCN(C)c1ccc(C#N)cc1Br. The molecule has 0 saturated carbocycles. The molecule has 0 aromatic heterocycles. The van der Waals surface area contributed by atoms with E-state index in [1.807, 2.05) is 18.0 Å². The van der Waals surface area contributed by atoms with Crippen LogP contribution in [0.4, 0.5) is 5.69 Å². The number of nitrogens with zero attached hydrogens (tertiary/aromatic N) is 2. The standard InChI is InChI=1S/C12H13BrN2O2/c1-15(6-5-12(16)17-2)11-4-3-9(8-14)7-10(11)13/h3-4,7H,5-6H2,1-2H3. The molecule has 0 radical (unpaired) electrons. The minimum atomic E-state index is -0.235. The van der Waals surface area contributed by atoms with Gasteiger partial charge in [0.1, 0.15) is 0 Å². The van der Waals surface area contributed by atoms with Crippen molar-refractivity contribution in [3.63, 3.8) is 0 Å². The summed E-state index contributed by atoms with van der Waals surface area (Å²) < 4.78 is 5.42. The van der Waals surface area contributed by atoms with Gasteiger partial charge in [-0.2, -0.15) is 5.26 Å². The minimum absolute atomic E-state index is 0.235. The number of benzene rings is 1. The van der Waals surface area contributed by atoms with Crippen molar-refractivity contribution >= 4 is 27.6 Å². The molecule has 0 aliphatic heterocycles. The van der Waals surface area contributed by atoms with E-state index in [4.69, 9.17) is 5.26 Å². The third kappa shape index (κ3) is 3.75. The van der Waals surface area contributed by atoms with E-state index in [2.05, 4.69) is 26.7 Å². The van der Waals surface area contributed by atoms with Crippen molar-refractivity contribution in [2.24, 2.45) is 0 Å². The second-order valence-electron chi connectivity index (χ2n) is 3.53. The highest BCUT2D eigenvalue weighted by atomic mass is 79.9. The number of esters is 1. The van der Waals surface area contributed by atoms with Gasteiger partial charge in [0.15, 0.2) is 0 Å². The Hall–Kier alpha value is -1.54. The molecule has 4 nitrogen and oxygen atoms in total. The first-order chi connectivity index (χ1) is 8.08. The molecule has 5 heteroatoms. The van der Waals surface area contributed by atoms with E-state index in [1.54, 1.807) is 12.1 Å². The number of hydrogen-bond acceptors (Lipinski definition) is 4. The molecule has 1 rings (SSSR count). The topological polar surface area (TPSA) is 53.3 Å². The van der Waals surface area contributed by atoms with Gasteiger partial charge in [-0.3, -0.25) is 4.79 Å². The first kappa shape index (κ1) is 13.5. The number of ether oxygens (including phenoxy) is 1. The summed E-state index contributed by atoms with van der Waals surface area (Å²) in [5.74, 6) is -0.235. The number of methoxy groups -OCH3 is 1. The summed E-state index contributed by atoms with van der Waals surface area (Å²) in [6.45, 7) is 0.567. The van der Waals surface area contributed by atoms with Gasteiger partial charge in [-0.05, 0) is 34.1 Å². The van der Waals surface area contributed by atoms with Crippen molar-refractivity contribution in [3.05, 3.63) is 28.2 Å². The lowest BCUT2D eigenvalue weighted by Crippen LogP contribution is -2.21. The van der Waals surface area contributed by atoms with Crippen molar-refractivity contribution in [2.75, 3.05) is 25.6 Å². The molecule has 0 fully saturated rings. The van der Waals surface area contributed by atoms with Gasteiger partial charge in [-0.1, -0.05) is 0 Å². The number of nitriles is 1. The zero-order valence-corrected chi connectivity index (χ0v) is 11.3. The molecule has 0 unspecified atom stereocenters. The smallest absolute Gasteiger partial charge is 0.307 e. The molecular weight excluding hydrogens is 284 g/mol. The molecule has 0 spiro atoms. The van der Waals surface area contributed by atoms with Gasteiger partial charge in [-0.25, -0.2) is 0 Å². The van der Waals surface area contributed by atoms with Crippen LogP contribution in [-0.4, -0.2) is 26.7 Å². The molecule has 0 saturated heterocycles. The summed E-state index contributed by atoms with van der Waals surface area (Å²) in [6, 6.07) is 7.42. The molecule has 0 heterocycles. The van der Waals surface area contributed by atoms with E-state index in [1.165, 1.54) is 7.11 Å². The van der Waals surface area contributed by atoms with E-state index < -0.39 is 0 Å². The third-order valence-corrected chi connectivity index (χ3v) is 3.00. The average Bonchev–Trinajstić information content (AvgIpc) is 2.35. The Labute approximate surface area is 109 Å². The van der Waals surface area contributed by atoms with Gasteiger partial charge in [0, 0.05) is 18.1 Å². The van der Waals surface area contributed by atoms with Crippen molar-refractivity contribution < 1.29 is 9.53 Å². The van der Waals surface area contributed by atoms with Gasteiger partial charge in [0.25, 0.3) is 0 Å². The molecule has 0 atom stereocenters. The van der Waals surface area contributed by atoms with E-state index in [0.29, 0.717) is 18.5 Å². The van der Waals surface area contributed by atoms with Crippen molar-refractivity contribution in [2.45, 2.75) is 6.42 Å². The molecule has 0 N–H and O–H groups in total. The van der Waals surface area contributed by atoms with E-state index in [0.717, 1.165) is 10.2 Å². The Morgan fingerprint density at radius 1 is 1.59 bits per heavy atom. The van der Waals surface area contributed by atoms with Crippen LogP contribution in [0.25, 0.3) is 0 Å². The van der Waals surface area contributed by atoms with Crippen molar-refractivity contribution in [3.8, 4) is 6.07 Å². The lowest BCUT2D eigenvalue weighted by molar-refractivity contribution is -0.140. The fourth-order valence-electron chi connectivity index (χ4n) is 1.37. The van der Waals surface area contributed by atoms with Crippen LogP contribution in [-0.2, 0) is 9.53 Å². The maximum atomic E-state index is 11.0. The van der Waals surface area contributed by atoms with Crippen LogP contribution >= 0.6 is 15.9 Å². The number of anilines is 1. The van der Waals surface area contributed by atoms with E-state index in [9.17, 15) is 4.79 Å². The van der Waals surface area contributed by atoms with Gasteiger partial charge in [0.2, 0.25) is 0 Å². The maximum absolute atomic E-state index is 11.0. The predicted octanol–water partition coefficient (Wildman–Crippen LogP) is 2.32. The molecule has 0 aliphatic carbocycles. The average molecular weight is 297 g/mol. The summed E-state index contributed by atoms with van der Waals surface area (Å²) >= 11 is 3.40. The molecule has 0 bridgehead atoms. The van der Waals surface area contributed by atoms with Gasteiger partial charge in [0.05, 0.1) is 30.9 Å². The number of rotatable bonds is 4. The predicted molar refractivity (Wildman–Crippen MR) is 68.8 cm³/mol. The zero-order chi connectivity index (χ0) is 12.8. The molecule has 1 aromatic rings. The molecule has 0 aliphatic rings. The molecule has 1 aromatic carbocycles. The zero-order valence-electron chi connectivity index (χ0n) is 9.74. The Bertz CT molecular complexity index is 454.